The first-order valence-corrected chi connectivity index (χ1v) is 7.87. The lowest BCUT2D eigenvalue weighted by molar-refractivity contribution is -0.677. The Morgan fingerprint density at radius 1 is 1.26 bits per heavy atom. The molecular weight excluding hydrogens is 267 g/mol. The van der Waals surface area contributed by atoms with Gasteiger partial charge in [0.15, 0.2) is 0 Å². The molecule has 0 aromatic carbocycles. The number of aromatic nitrogens is 2. The molecule has 0 unspecified atom stereocenters. The lowest BCUT2D eigenvalue weighted by atomic mass is 10.4. The summed E-state index contributed by atoms with van der Waals surface area (Å²) in [5.41, 5.74) is 2.71. The molecule has 6 nitrogen and oxygen atoms in total. The van der Waals surface area contributed by atoms with Gasteiger partial charge in [-0.2, -0.15) is 0 Å². The SMILES string of the molecule is CCOP(=O)([O-])OCC.CCn1c[n+](C)c(C)c1C. The quantitative estimate of drug-likeness (QED) is 0.609. The van der Waals surface area contributed by atoms with Crippen molar-refractivity contribution in [2.24, 2.45) is 7.05 Å². The number of hydrogen-bond acceptors (Lipinski definition) is 4. The number of aryl methyl sites for hydroxylation is 2. The fourth-order valence-electron chi connectivity index (χ4n) is 1.52. The van der Waals surface area contributed by atoms with Crippen molar-refractivity contribution in [3.63, 3.8) is 0 Å². The van der Waals surface area contributed by atoms with Crippen molar-refractivity contribution >= 4 is 7.82 Å². The molecule has 7 heteroatoms. The van der Waals surface area contributed by atoms with E-state index in [2.05, 4.69) is 52.3 Å². The monoisotopic (exact) mass is 292 g/mol. The zero-order valence-electron chi connectivity index (χ0n) is 12.7. The Labute approximate surface area is 115 Å². The number of imidazole rings is 1. The Morgan fingerprint density at radius 2 is 1.74 bits per heavy atom. The van der Waals surface area contributed by atoms with Crippen LogP contribution < -0.4 is 9.46 Å². The maximum atomic E-state index is 10.4. The first kappa shape index (κ1) is 18.3. The van der Waals surface area contributed by atoms with Gasteiger partial charge in [0.05, 0.1) is 26.8 Å². The Kier molecular flexibility index (Phi) is 8.18. The molecule has 0 saturated heterocycles. The number of phosphoric ester groups is 1. The van der Waals surface area contributed by atoms with E-state index in [0.29, 0.717) is 0 Å². The minimum atomic E-state index is -3.94. The Bertz CT molecular complexity index is 422. The molecule has 19 heavy (non-hydrogen) atoms. The third kappa shape index (κ3) is 6.34. The molecule has 1 aromatic heterocycles. The van der Waals surface area contributed by atoms with Gasteiger partial charge in [-0.25, -0.2) is 9.13 Å². The summed E-state index contributed by atoms with van der Waals surface area (Å²) in [6.07, 6.45) is 2.13. The van der Waals surface area contributed by atoms with Gasteiger partial charge in [-0.1, -0.05) is 0 Å². The van der Waals surface area contributed by atoms with Gasteiger partial charge in [-0.05, 0) is 20.8 Å². The van der Waals surface area contributed by atoms with Gasteiger partial charge >= 0.3 is 0 Å². The van der Waals surface area contributed by atoms with Gasteiger partial charge < -0.3 is 13.9 Å². The van der Waals surface area contributed by atoms with E-state index in [1.54, 1.807) is 13.8 Å². The van der Waals surface area contributed by atoms with Gasteiger partial charge in [0, 0.05) is 13.8 Å². The molecule has 0 N–H and O–H groups in total. The third-order valence-corrected chi connectivity index (χ3v) is 3.86. The molecule has 112 valence electrons. The van der Waals surface area contributed by atoms with Crippen LogP contribution in [0.1, 0.15) is 32.2 Å². The number of rotatable bonds is 5. The largest absolute Gasteiger partial charge is 0.756 e. The van der Waals surface area contributed by atoms with Crippen molar-refractivity contribution in [2.75, 3.05) is 13.2 Å². The standard InChI is InChI=1S/C8H15N2.C4H11O4P/c1-5-10-6-9(4)7(2)8(10)3;1-3-7-9(5,6)8-4-2/h6H,5H2,1-4H3;3-4H2,1-2H3,(H,5,6)/q+1;/p-1. The smallest absolute Gasteiger partial charge is 0.267 e. The van der Waals surface area contributed by atoms with Crippen LogP contribution in [0.5, 0.6) is 0 Å². The topological polar surface area (TPSA) is 67.4 Å². The highest BCUT2D eigenvalue weighted by Gasteiger charge is 2.10. The Hall–Kier alpha value is -0.680. The molecule has 0 fully saturated rings. The average Bonchev–Trinajstić information content (AvgIpc) is 2.57. The van der Waals surface area contributed by atoms with Crippen LogP contribution in [0, 0.1) is 13.8 Å². The van der Waals surface area contributed by atoms with Crippen molar-refractivity contribution in [1.82, 2.24) is 4.57 Å². The minimum Gasteiger partial charge on any atom is -0.756 e. The normalized spacial score (nSPS) is 11.1. The highest BCUT2D eigenvalue weighted by Crippen LogP contribution is 2.37. The fraction of sp³-hybridized carbons (Fsp3) is 0.750. The average molecular weight is 292 g/mol. The molecule has 0 aliphatic carbocycles. The van der Waals surface area contributed by atoms with Gasteiger partial charge in [0.1, 0.15) is 11.4 Å². The molecule has 0 aliphatic heterocycles. The van der Waals surface area contributed by atoms with Crippen molar-refractivity contribution in [3.05, 3.63) is 17.7 Å². The van der Waals surface area contributed by atoms with Crippen molar-refractivity contribution in [1.29, 1.82) is 0 Å². The van der Waals surface area contributed by atoms with E-state index in [1.165, 1.54) is 11.4 Å². The molecule has 0 spiro atoms. The van der Waals surface area contributed by atoms with Crippen LogP contribution >= 0.6 is 7.82 Å². The number of hydrogen-bond donors (Lipinski definition) is 0. The summed E-state index contributed by atoms with van der Waals surface area (Å²) >= 11 is 0. The second-order valence-corrected chi connectivity index (χ2v) is 5.38. The van der Waals surface area contributed by atoms with Crippen LogP contribution in [0.15, 0.2) is 6.33 Å². The van der Waals surface area contributed by atoms with Crippen LogP contribution in [0.4, 0.5) is 0 Å². The van der Waals surface area contributed by atoms with Crippen LogP contribution in [-0.2, 0) is 27.2 Å². The highest BCUT2D eigenvalue weighted by molar-refractivity contribution is 7.45. The van der Waals surface area contributed by atoms with E-state index in [0.717, 1.165) is 6.54 Å². The molecular formula is C12H25N2O4P. The molecule has 1 aromatic rings. The van der Waals surface area contributed by atoms with Crippen molar-refractivity contribution in [3.8, 4) is 0 Å². The lowest BCUT2D eigenvalue weighted by Gasteiger charge is -2.20. The summed E-state index contributed by atoms with van der Waals surface area (Å²) in [6.45, 7) is 10.9. The summed E-state index contributed by atoms with van der Waals surface area (Å²) in [6, 6.07) is 0. The molecule has 0 saturated carbocycles. The molecule has 0 radical (unpaired) electrons. The van der Waals surface area contributed by atoms with Gasteiger partial charge in [-0.3, -0.25) is 4.57 Å². The van der Waals surface area contributed by atoms with E-state index in [-0.39, 0.29) is 13.2 Å². The second-order valence-electron chi connectivity index (χ2n) is 3.97. The molecule has 0 bridgehead atoms. The maximum Gasteiger partial charge on any atom is 0.267 e. The summed E-state index contributed by atoms with van der Waals surface area (Å²) in [5.74, 6) is 0. The van der Waals surface area contributed by atoms with Gasteiger partial charge in [-0.15, -0.1) is 0 Å². The number of nitrogens with zero attached hydrogens (tertiary/aromatic N) is 2. The third-order valence-electron chi connectivity index (χ3n) is 2.71. The first-order chi connectivity index (χ1) is 8.79. The summed E-state index contributed by atoms with van der Waals surface area (Å²) in [4.78, 5) is 10.4. The highest BCUT2D eigenvalue weighted by atomic mass is 31.2. The molecule has 0 aliphatic rings. The predicted molar refractivity (Wildman–Crippen MR) is 71.6 cm³/mol. The lowest BCUT2D eigenvalue weighted by Crippen LogP contribution is -2.28. The fourth-order valence-corrected chi connectivity index (χ4v) is 2.22. The van der Waals surface area contributed by atoms with Crippen molar-refractivity contribution < 1.29 is 23.1 Å². The summed E-state index contributed by atoms with van der Waals surface area (Å²) < 4.78 is 23.3. The molecule has 0 amide bonds. The summed E-state index contributed by atoms with van der Waals surface area (Å²) in [7, 11) is -1.86. The van der Waals surface area contributed by atoms with Crippen molar-refractivity contribution in [2.45, 2.75) is 41.2 Å². The Balaban J connectivity index is 0.000000344. The Morgan fingerprint density at radius 3 is 1.95 bits per heavy atom. The van der Waals surface area contributed by atoms with E-state index < -0.39 is 7.82 Å². The number of phosphoric acid groups is 1. The van der Waals surface area contributed by atoms with Crippen LogP contribution in [0.2, 0.25) is 0 Å². The van der Waals surface area contributed by atoms with Crippen LogP contribution in [0.3, 0.4) is 0 Å². The molecule has 0 atom stereocenters. The molecule has 1 heterocycles. The van der Waals surface area contributed by atoms with E-state index in [1.807, 2.05) is 0 Å². The van der Waals surface area contributed by atoms with Gasteiger partial charge in [0.25, 0.3) is 7.82 Å². The molecule has 1 rings (SSSR count). The van der Waals surface area contributed by atoms with Gasteiger partial charge in [0.2, 0.25) is 6.33 Å². The van der Waals surface area contributed by atoms with E-state index >= 15 is 0 Å². The zero-order valence-corrected chi connectivity index (χ0v) is 13.6. The van der Waals surface area contributed by atoms with Crippen LogP contribution in [-0.4, -0.2) is 17.8 Å². The first-order valence-electron chi connectivity index (χ1n) is 6.41. The summed E-state index contributed by atoms with van der Waals surface area (Å²) in [5, 5.41) is 0. The predicted octanol–water partition coefficient (Wildman–Crippen LogP) is 1.48. The zero-order chi connectivity index (χ0) is 15.1. The van der Waals surface area contributed by atoms with E-state index in [4.69, 9.17) is 0 Å². The second kappa shape index (κ2) is 8.48. The maximum absolute atomic E-state index is 10.4. The van der Waals surface area contributed by atoms with Crippen LogP contribution in [0.25, 0.3) is 0 Å². The minimum absolute atomic E-state index is 0.126. The van der Waals surface area contributed by atoms with E-state index in [9.17, 15) is 9.46 Å².